The number of carbonyl (C=O) groups excluding carboxylic acids is 1. The molecule has 1 N–H and O–H groups in total. The van der Waals surface area contributed by atoms with E-state index < -0.39 is 5.60 Å². The SMILES string of the molecule is O=C(c1csc2c1CCCC2)N1CCC2(CC1)OCCC[C@@H]2O. The number of aliphatic hydroxyl groups is 1. The van der Waals surface area contributed by atoms with Crippen molar-refractivity contribution in [2.24, 2.45) is 0 Å². The molecular weight excluding hydrogens is 310 g/mol. The van der Waals surface area contributed by atoms with E-state index in [-0.39, 0.29) is 12.0 Å². The van der Waals surface area contributed by atoms with Gasteiger partial charge in [-0.1, -0.05) is 0 Å². The number of thiophene rings is 1. The van der Waals surface area contributed by atoms with Gasteiger partial charge in [-0.3, -0.25) is 4.79 Å². The maximum atomic E-state index is 12.9. The molecule has 1 atom stereocenters. The Labute approximate surface area is 141 Å². The lowest BCUT2D eigenvalue weighted by molar-refractivity contribution is -0.174. The van der Waals surface area contributed by atoms with Crippen LogP contribution in [0.1, 0.15) is 59.3 Å². The van der Waals surface area contributed by atoms with Gasteiger partial charge in [0, 0.05) is 30.0 Å². The summed E-state index contributed by atoms with van der Waals surface area (Å²) in [6.07, 6.45) is 7.55. The van der Waals surface area contributed by atoms with E-state index in [0.717, 1.165) is 50.7 Å². The molecule has 23 heavy (non-hydrogen) atoms. The maximum absolute atomic E-state index is 12.9. The number of piperidine rings is 1. The Kier molecular flexibility index (Phi) is 4.20. The molecule has 0 saturated carbocycles. The van der Waals surface area contributed by atoms with Crippen molar-refractivity contribution in [1.29, 1.82) is 0 Å². The molecule has 3 aliphatic rings. The van der Waals surface area contributed by atoms with Crippen LogP contribution in [0.5, 0.6) is 0 Å². The minimum Gasteiger partial charge on any atom is -0.390 e. The first kappa shape index (κ1) is 15.6. The van der Waals surface area contributed by atoms with Gasteiger partial charge in [-0.15, -0.1) is 11.3 Å². The molecule has 0 aromatic carbocycles. The first-order valence-corrected chi connectivity index (χ1v) is 9.78. The predicted molar refractivity (Wildman–Crippen MR) is 90.0 cm³/mol. The van der Waals surface area contributed by atoms with Crippen LogP contribution >= 0.6 is 11.3 Å². The Morgan fingerprint density at radius 3 is 2.83 bits per heavy atom. The molecule has 0 bridgehead atoms. The molecule has 0 unspecified atom stereocenters. The molecule has 4 rings (SSSR count). The standard InChI is InChI=1S/C18H25NO3S/c20-16-6-3-11-22-18(16)7-9-19(10-8-18)17(21)14-12-23-15-5-2-1-4-13(14)15/h12,16,20H,1-11H2/t16-/m0/s1. The second kappa shape index (κ2) is 6.19. The van der Waals surface area contributed by atoms with E-state index in [4.69, 9.17) is 4.74 Å². The van der Waals surface area contributed by atoms with Gasteiger partial charge in [0.05, 0.1) is 17.3 Å². The number of hydrogen-bond acceptors (Lipinski definition) is 4. The summed E-state index contributed by atoms with van der Waals surface area (Å²) in [6.45, 7) is 2.13. The van der Waals surface area contributed by atoms with E-state index in [2.05, 4.69) is 5.38 Å². The molecule has 126 valence electrons. The predicted octanol–water partition coefficient (Wildman–Crippen LogP) is 2.77. The zero-order valence-corrected chi connectivity index (χ0v) is 14.4. The van der Waals surface area contributed by atoms with E-state index in [1.54, 1.807) is 11.3 Å². The molecule has 3 heterocycles. The van der Waals surface area contributed by atoms with Crippen LogP contribution in [-0.4, -0.2) is 47.3 Å². The van der Waals surface area contributed by atoms with Crippen molar-refractivity contribution in [3.05, 3.63) is 21.4 Å². The number of likely N-dealkylation sites (tertiary alicyclic amines) is 1. The van der Waals surface area contributed by atoms with Crippen LogP contribution in [0, 0.1) is 0 Å². The average Bonchev–Trinajstić information content (AvgIpc) is 3.02. The average molecular weight is 335 g/mol. The van der Waals surface area contributed by atoms with Gasteiger partial charge in [-0.2, -0.15) is 0 Å². The monoisotopic (exact) mass is 335 g/mol. The molecule has 0 radical (unpaired) electrons. The third-order valence-corrected chi connectivity index (χ3v) is 6.90. The summed E-state index contributed by atoms with van der Waals surface area (Å²) in [5.74, 6) is 0.185. The molecule has 2 saturated heterocycles. The van der Waals surface area contributed by atoms with Gasteiger partial charge in [-0.05, 0) is 56.9 Å². The molecule has 2 fully saturated rings. The number of fused-ring (bicyclic) bond motifs is 1. The quantitative estimate of drug-likeness (QED) is 0.858. The zero-order chi connectivity index (χ0) is 15.9. The van der Waals surface area contributed by atoms with Crippen molar-refractivity contribution in [2.75, 3.05) is 19.7 Å². The Balaban J connectivity index is 1.46. The highest BCUT2D eigenvalue weighted by Gasteiger charge is 2.44. The molecule has 5 heteroatoms. The number of aryl methyl sites for hydroxylation is 1. The molecule has 1 aromatic rings. The summed E-state index contributed by atoms with van der Waals surface area (Å²) < 4.78 is 5.94. The molecule has 1 amide bonds. The lowest BCUT2D eigenvalue weighted by Gasteiger charge is -2.46. The van der Waals surface area contributed by atoms with Gasteiger partial charge >= 0.3 is 0 Å². The van der Waals surface area contributed by atoms with E-state index in [9.17, 15) is 9.90 Å². The number of aliphatic hydroxyl groups excluding tert-OH is 1. The Morgan fingerprint density at radius 1 is 1.26 bits per heavy atom. The van der Waals surface area contributed by atoms with E-state index in [1.165, 1.54) is 23.3 Å². The highest BCUT2D eigenvalue weighted by molar-refractivity contribution is 7.10. The lowest BCUT2D eigenvalue weighted by atomic mass is 9.82. The Hall–Kier alpha value is -0.910. The minimum atomic E-state index is -0.400. The van der Waals surface area contributed by atoms with Gasteiger partial charge in [0.25, 0.3) is 5.91 Å². The van der Waals surface area contributed by atoms with E-state index in [0.29, 0.717) is 13.1 Å². The van der Waals surface area contributed by atoms with Crippen LogP contribution in [0.3, 0.4) is 0 Å². The van der Waals surface area contributed by atoms with Crippen LogP contribution in [0.25, 0.3) is 0 Å². The third-order valence-electron chi connectivity index (χ3n) is 5.81. The van der Waals surface area contributed by atoms with Crippen LogP contribution in [0.4, 0.5) is 0 Å². The number of amides is 1. The summed E-state index contributed by atoms with van der Waals surface area (Å²) in [5.41, 5.74) is 1.84. The number of nitrogens with zero attached hydrogens (tertiary/aromatic N) is 1. The topological polar surface area (TPSA) is 49.8 Å². The lowest BCUT2D eigenvalue weighted by Crippen LogP contribution is -2.56. The highest BCUT2D eigenvalue weighted by Crippen LogP contribution is 2.36. The first-order valence-electron chi connectivity index (χ1n) is 8.90. The summed E-state index contributed by atoms with van der Waals surface area (Å²) in [5, 5.41) is 12.4. The largest absolute Gasteiger partial charge is 0.390 e. The molecule has 2 aliphatic heterocycles. The van der Waals surface area contributed by atoms with Crippen LogP contribution in [0.2, 0.25) is 0 Å². The fraction of sp³-hybridized carbons (Fsp3) is 0.722. The summed E-state index contributed by atoms with van der Waals surface area (Å²) >= 11 is 1.75. The number of ether oxygens (including phenoxy) is 1. The fourth-order valence-corrected chi connectivity index (χ4v) is 5.44. The van der Waals surface area contributed by atoms with Crippen LogP contribution in [-0.2, 0) is 17.6 Å². The number of carbonyl (C=O) groups is 1. The van der Waals surface area contributed by atoms with Crippen molar-refractivity contribution in [3.63, 3.8) is 0 Å². The number of hydrogen-bond donors (Lipinski definition) is 1. The zero-order valence-electron chi connectivity index (χ0n) is 13.6. The third kappa shape index (κ3) is 2.73. The minimum absolute atomic E-state index is 0.185. The smallest absolute Gasteiger partial charge is 0.254 e. The second-order valence-corrected chi connectivity index (χ2v) is 8.09. The summed E-state index contributed by atoms with van der Waals surface area (Å²) in [6, 6.07) is 0. The van der Waals surface area contributed by atoms with Gasteiger partial charge in [0.1, 0.15) is 0 Å². The van der Waals surface area contributed by atoms with Gasteiger partial charge in [0.15, 0.2) is 0 Å². The van der Waals surface area contributed by atoms with Crippen molar-refractivity contribution >= 4 is 17.2 Å². The molecular formula is C18H25NO3S. The Morgan fingerprint density at radius 2 is 2.04 bits per heavy atom. The van der Waals surface area contributed by atoms with Crippen molar-refractivity contribution in [1.82, 2.24) is 4.90 Å². The number of rotatable bonds is 1. The van der Waals surface area contributed by atoms with Gasteiger partial charge < -0.3 is 14.7 Å². The van der Waals surface area contributed by atoms with E-state index >= 15 is 0 Å². The van der Waals surface area contributed by atoms with Crippen molar-refractivity contribution in [3.8, 4) is 0 Å². The van der Waals surface area contributed by atoms with E-state index in [1.807, 2.05) is 4.90 Å². The second-order valence-electron chi connectivity index (χ2n) is 7.12. The normalized spacial score (nSPS) is 27.0. The summed E-state index contributed by atoms with van der Waals surface area (Å²) in [7, 11) is 0. The molecule has 1 aromatic heterocycles. The van der Waals surface area contributed by atoms with Gasteiger partial charge in [-0.25, -0.2) is 0 Å². The molecule has 1 spiro atoms. The van der Waals surface area contributed by atoms with Crippen molar-refractivity contribution < 1.29 is 14.6 Å². The maximum Gasteiger partial charge on any atom is 0.254 e. The van der Waals surface area contributed by atoms with Crippen LogP contribution < -0.4 is 0 Å². The van der Waals surface area contributed by atoms with Gasteiger partial charge in [0.2, 0.25) is 0 Å². The summed E-state index contributed by atoms with van der Waals surface area (Å²) in [4.78, 5) is 16.3. The highest BCUT2D eigenvalue weighted by atomic mass is 32.1. The molecule has 4 nitrogen and oxygen atoms in total. The molecule has 1 aliphatic carbocycles. The Bertz CT molecular complexity index is 589. The van der Waals surface area contributed by atoms with Crippen LogP contribution in [0.15, 0.2) is 5.38 Å². The first-order chi connectivity index (χ1) is 11.2. The van der Waals surface area contributed by atoms with Crippen molar-refractivity contribution in [2.45, 2.75) is 63.1 Å². The fourth-order valence-electron chi connectivity index (χ4n) is 4.32.